The van der Waals surface area contributed by atoms with Gasteiger partial charge in [0.1, 0.15) is 6.10 Å². The molecule has 3 rings (SSSR count). The molecule has 10 nitrogen and oxygen atoms in total. The van der Waals surface area contributed by atoms with Gasteiger partial charge in [0.2, 0.25) is 0 Å². The molecule has 2 aliphatic rings. The molecule has 2 saturated heterocycles. The number of carbonyl (C=O) groups excluding carboxylic acids is 3. The molecule has 0 aromatic heterocycles. The van der Waals surface area contributed by atoms with Crippen LogP contribution in [0.1, 0.15) is 30.6 Å². The zero-order valence-electron chi connectivity index (χ0n) is 16.1. The van der Waals surface area contributed by atoms with Crippen molar-refractivity contribution >= 4 is 17.9 Å². The van der Waals surface area contributed by atoms with Gasteiger partial charge in [0, 0.05) is 31.8 Å². The van der Waals surface area contributed by atoms with Crippen LogP contribution in [0.3, 0.4) is 0 Å². The van der Waals surface area contributed by atoms with Crippen molar-refractivity contribution in [3.8, 4) is 0 Å². The van der Waals surface area contributed by atoms with Crippen LogP contribution in [0.15, 0.2) is 35.4 Å². The van der Waals surface area contributed by atoms with E-state index in [1.807, 2.05) is 4.90 Å². The molecule has 0 saturated carbocycles. The van der Waals surface area contributed by atoms with E-state index in [2.05, 4.69) is 10.0 Å². The molecule has 0 spiro atoms. The van der Waals surface area contributed by atoms with E-state index in [9.17, 15) is 14.4 Å². The van der Waals surface area contributed by atoms with Gasteiger partial charge in [-0.15, -0.1) is 0 Å². The second-order valence-electron chi connectivity index (χ2n) is 7.00. The Morgan fingerprint density at radius 1 is 1.07 bits per heavy atom. The van der Waals surface area contributed by atoms with Gasteiger partial charge in [-0.3, -0.25) is 14.5 Å². The zero-order valence-corrected chi connectivity index (χ0v) is 16.1. The minimum atomic E-state index is -1.01. The normalized spacial score (nSPS) is 28.6. The van der Waals surface area contributed by atoms with Crippen molar-refractivity contribution < 1.29 is 28.6 Å². The Hall–Kier alpha value is -3.10. The largest absolute Gasteiger partial charge is 0.461 e. The molecule has 2 aliphatic heterocycles. The standard InChI is InChI=1S/C19H22N4O6/c1-11(24)27-15-8-9-23-10-14(21-22-20)17(18(16(15)23)28-12(2)25)29-19(26)13-6-4-3-5-7-13/h3-7,14-18H,8-10H2,1-2H3/t14-,15-,16+,17+,18+/m0/s1. The molecule has 0 amide bonds. The highest BCUT2D eigenvalue weighted by molar-refractivity contribution is 5.89. The van der Waals surface area contributed by atoms with Crippen LogP contribution in [0.2, 0.25) is 0 Å². The fourth-order valence-electron chi connectivity index (χ4n) is 3.99. The van der Waals surface area contributed by atoms with Gasteiger partial charge in [0.25, 0.3) is 0 Å². The van der Waals surface area contributed by atoms with Crippen LogP contribution >= 0.6 is 0 Å². The van der Waals surface area contributed by atoms with Crippen LogP contribution in [-0.4, -0.2) is 66.3 Å². The second-order valence-corrected chi connectivity index (χ2v) is 7.00. The molecule has 0 N–H and O–H groups in total. The van der Waals surface area contributed by atoms with E-state index in [0.29, 0.717) is 18.5 Å². The van der Waals surface area contributed by atoms with Crippen LogP contribution in [0.4, 0.5) is 0 Å². The lowest BCUT2D eigenvalue weighted by Crippen LogP contribution is -2.63. The number of rotatable bonds is 5. The summed E-state index contributed by atoms with van der Waals surface area (Å²) in [5.74, 6) is -1.65. The molecular weight excluding hydrogens is 380 g/mol. The highest BCUT2D eigenvalue weighted by Crippen LogP contribution is 2.35. The molecule has 2 fully saturated rings. The van der Waals surface area contributed by atoms with E-state index >= 15 is 0 Å². The number of hydrogen-bond donors (Lipinski definition) is 0. The highest BCUT2D eigenvalue weighted by atomic mass is 16.6. The third kappa shape index (κ3) is 4.67. The van der Waals surface area contributed by atoms with Crippen LogP contribution in [-0.2, 0) is 23.8 Å². The molecule has 0 unspecified atom stereocenters. The maximum Gasteiger partial charge on any atom is 0.338 e. The SMILES string of the molecule is CC(=O)O[C@H]1[C@H](OC(=O)c2ccccc2)[C@@H](N=[N+]=[N-])CN2CC[C@H](OC(C)=O)[C@H]12. The molecule has 29 heavy (non-hydrogen) atoms. The van der Waals surface area contributed by atoms with E-state index in [0.717, 1.165) is 0 Å². The van der Waals surface area contributed by atoms with Crippen molar-refractivity contribution in [1.29, 1.82) is 0 Å². The van der Waals surface area contributed by atoms with Crippen LogP contribution in [0, 0.1) is 0 Å². The minimum Gasteiger partial charge on any atom is -0.461 e. The van der Waals surface area contributed by atoms with Crippen molar-refractivity contribution in [2.45, 2.75) is 50.7 Å². The van der Waals surface area contributed by atoms with E-state index in [1.54, 1.807) is 30.3 Å². The zero-order chi connectivity index (χ0) is 21.0. The summed E-state index contributed by atoms with van der Waals surface area (Å²) in [5.41, 5.74) is 9.31. The molecule has 0 aliphatic carbocycles. The molecule has 154 valence electrons. The van der Waals surface area contributed by atoms with Gasteiger partial charge in [-0.05, 0) is 24.1 Å². The molecular formula is C19H22N4O6. The summed E-state index contributed by atoms with van der Waals surface area (Å²) in [4.78, 5) is 40.8. The second kappa shape index (κ2) is 8.93. The topological polar surface area (TPSA) is 131 Å². The van der Waals surface area contributed by atoms with Crippen LogP contribution in [0.25, 0.3) is 10.4 Å². The van der Waals surface area contributed by atoms with Gasteiger partial charge >= 0.3 is 17.9 Å². The summed E-state index contributed by atoms with van der Waals surface area (Å²) in [6, 6.07) is 7.09. The van der Waals surface area contributed by atoms with Gasteiger partial charge in [-0.1, -0.05) is 23.3 Å². The smallest absolute Gasteiger partial charge is 0.338 e. The number of nitrogens with zero attached hydrogens (tertiary/aromatic N) is 4. The summed E-state index contributed by atoms with van der Waals surface area (Å²) >= 11 is 0. The molecule has 0 bridgehead atoms. The molecule has 5 atom stereocenters. The lowest BCUT2D eigenvalue weighted by molar-refractivity contribution is -0.173. The Morgan fingerprint density at radius 2 is 1.76 bits per heavy atom. The van der Waals surface area contributed by atoms with Gasteiger partial charge in [-0.2, -0.15) is 0 Å². The maximum atomic E-state index is 12.6. The molecule has 10 heteroatoms. The highest BCUT2D eigenvalue weighted by Gasteiger charge is 2.54. The fourth-order valence-corrected chi connectivity index (χ4v) is 3.99. The van der Waals surface area contributed by atoms with Crippen LogP contribution in [0.5, 0.6) is 0 Å². The predicted molar refractivity (Wildman–Crippen MR) is 99.7 cm³/mol. The fraction of sp³-hybridized carbons (Fsp3) is 0.526. The Morgan fingerprint density at radius 3 is 2.38 bits per heavy atom. The summed E-state index contributed by atoms with van der Waals surface area (Å²) in [7, 11) is 0. The summed E-state index contributed by atoms with van der Waals surface area (Å²) < 4.78 is 16.6. The Balaban J connectivity index is 1.93. The lowest BCUT2D eigenvalue weighted by Gasteiger charge is -2.44. The minimum absolute atomic E-state index is 0.289. The first-order chi connectivity index (χ1) is 13.9. The van der Waals surface area contributed by atoms with Crippen molar-refractivity contribution in [2.75, 3.05) is 13.1 Å². The monoisotopic (exact) mass is 402 g/mol. The summed E-state index contributed by atoms with van der Waals surface area (Å²) in [6.45, 7) is 3.41. The van der Waals surface area contributed by atoms with E-state index in [1.165, 1.54) is 13.8 Å². The maximum absolute atomic E-state index is 12.6. The first-order valence-corrected chi connectivity index (χ1v) is 9.29. The Kier molecular flexibility index (Phi) is 6.36. The quantitative estimate of drug-likeness (QED) is 0.241. The predicted octanol–water partition coefficient (Wildman–Crippen LogP) is 1.84. The number of fused-ring (bicyclic) bond motifs is 1. The number of hydrogen-bond acceptors (Lipinski definition) is 8. The van der Waals surface area contributed by atoms with Crippen molar-refractivity contribution in [3.63, 3.8) is 0 Å². The van der Waals surface area contributed by atoms with Gasteiger partial charge in [0.15, 0.2) is 12.2 Å². The molecule has 0 radical (unpaired) electrons. The average Bonchev–Trinajstić information content (AvgIpc) is 3.06. The number of piperidine rings is 1. The number of esters is 3. The van der Waals surface area contributed by atoms with Crippen molar-refractivity contribution in [3.05, 3.63) is 46.3 Å². The number of benzene rings is 1. The Labute approximate surface area is 167 Å². The first-order valence-electron chi connectivity index (χ1n) is 9.29. The van der Waals surface area contributed by atoms with Crippen LogP contribution < -0.4 is 0 Å². The summed E-state index contributed by atoms with van der Waals surface area (Å²) in [6.07, 6.45) is -1.96. The van der Waals surface area contributed by atoms with Gasteiger partial charge < -0.3 is 14.2 Å². The third-order valence-electron chi connectivity index (χ3n) is 5.04. The number of ether oxygens (including phenoxy) is 3. The van der Waals surface area contributed by atoms with E-state index < -0.39 is 48.3 Å². The van der Waals surface area contributed by atoms with E-state index in [4.69, 9.17) is 19.7 Å². The van der Waals surface area contributed by atoms with Crippen molar-refractivity contribution in [2.24, 2.45) is 5.11 Å². The van der Waals surface area contributed by atoms with E-state index in [-0.39, 0.29) is 6.54 Å². The number of azide groups is 1. The van der Waals surface area contributed by atoms with Crippen molar-refractivity contribution in [1.82, 2.24) is 4.90 Å². The average molecular weight is 402 g/mol. The first kappa shape index (κ1) is 20.6. The number of carbonyl (C=O) groups is 3. The summed E-state index contributed by atoms with van der Waals surface area (Å²) in [5, 5.41) is 3.78. The Bertz CT molecular complexity index is 825. The van der Waals surface area contributed by atoms with Gasteiger partial charge in [-0.25, -0.2) is 4.79 Å². The third-order valence-corrected chi connectivity index (χ3v) is 5.04. The molecule has 1 aromatic rings. The molecule has 1 aromatic carbocycles. The van der Waals surface area contributed by atoms with Gasteiger partial charge in [0.05, 0.1) is 17.6 Å². The lowest BCUT2D eigenvalue weighted by atomic mass is 9.91. The molecule has 2 heterocycles.